The second-order valence-electron chi connectivity index (χ2n) is 4.87. The first-order chi connectivity index (χ1) is 8.95. The molecule has 0 radical (unpaired) electrons. The maximum atomic E-state index is 11.2. The van der Waals surface area contributed by atoms with Gasteiger partial charge >= 0.3 is 5.97 Å². The molecule has 0 saturated heterocycles. The Hall–Kier alpha value is -1.77. The van der Waals surface area contributed by atoms with E-state index in [0.717, 1.165) is 11.3 Å². The minimum absolute atomic E-state index is 0.323. The van der Waals surface area contributed by atoms with Crippen LogP contribution in [0.25, 0.3) is 0 Å². The Balaban J connectivity index is 2.72. The Morgan fingerprint density at radius 1 is 1.37 bits per heavy atom. The van der Waals surface area contributed by atoms with Crippen LogP contribution in [0.15, 0.2) is 29.8 Å². The highest BCUT2D eigenvalue weighted by atomic mass is 16.5. The Labute approximate surface area is 115 Å². The fourth-order valence-corrected chi connectivity index (χ4v) is 1.63. The van der Waals surface area contributed by atoms with Crippen molar-refractivity contribution in [2.75, 3.05) is 13.7 Å². The third-order valence-electron chi connectivity index (χ3n) is 3.01. The molecule has 0 N–H and O–H groups in total. The second-order valence-corrected chi connectivity index (χ2v) is 4.87. The summed E-state index contributed by atoms with van der Waals surface area (Å²) in [5.41, 5.74) is 2.89. The quantitative estimate of drug-likeness (QED) is 0.600. The first-order valence-electron chi connectivity index (χ1n) is 6.44. The van der Waals surface area contributed by atoms with E-state index >= 15 is 0 Å². The zero-order valence-corrected chi connectivity index (χ0v) is 12.3. The van der Waals surface area contributed by atoms with Crippen molar-refractivity contribution in [1.29, 1.82) is 0 Å². The van der Waals surface area contributed by atoms with Crippen LogP contribution in [-0.4, -0.2) is 19.7 Å². The molecule has 0 spiro atoms. The van der Waals surface area contributed by atoms with Crippen LogP contribution in [0, 0.1) is 6.92 Å². The zero-order valence-electron chi connectivity index (χ0n) is 12.3. The summed E-state index contributed by atoms with van der Waals surface area (Å²) in [5, 5.41) is 0. The molecule has 3 nitrogen and oxygen atoms in total. The lowest BCUT2D eigenvalue weighted by atomic mass is 10.0. The number of esters is 1. The Kier molecular flexibility index (Phi) is 5.61. The third kappa shape index (κ3) is 4.43. The van der Waals surface area contributed by atoms with Crippen molar-refractivity contribution in [1.82, 2.24) is 0 Å². The topological polar surface area (TPSA) is 35.5 Å². The summed E-state index contributed by atoms with van der Waals surface area (Å²) in [4.78, 5) is 11.2. The highest BCUT2D eigenvalue weighted by molar-refractivity contribution is 5.87. The number of aryl methyl sites for hydroxylation is 1. The lowest BCUT2D eigenvalue weighted by Crippen LogP contribution is -2.04. The van der Waals surface area contributed by atoms with Gasteiger partial charge in [-0.15, -0.1) is 0 Å². The number of methoxy groups -OCH3 is 1. The van der Waals surface area contributed by atoms with E-state index in [0.29, 0.717) is 18.1 Å². The predicted molar refractivity (Wildman–Crippen MR) is 76.5 cm³/mol. The largest absolute Gasteiger partial charge is 0.489 e. The summed E-state index contributed by atoms with van der Waals surface area (Å²) < 4.78 is 10.3. The van der Waals surface area contributed by atoms with Crippen molar-refractivity contribution in [3.8, 4) is 5.75 Å². The molecule has 0 heterocycles. The summed E-state index contributed by atoms with van der Waals surface area (Å²) in [6.45, 7) is 8.39. The van der Waals surface area contributed by atoms with Gasteiger partial charge in [-0.2, -0.15) is 0 Å². The van der Waals surface area contributed by atoms with Crippen LogP contribution in [0.3, 0.4) is 0 Å². The van der Waals surface area contributed by atoms with Gasteiger partial charge in [0.1, 0.15) is 12.4 Å². The van der Waals surface area contributed by atoms with Gasteiger partial charge in [0.2, 0.25) is 0 Å². The molecule has 1 aromatic carbocycles. The van der Waals surface area contributed by atoms with Gasteiger partial charge in [0, 0.05) is 5.57 Å². The van der Waals surface area contributed by atoms with Crippen LogP contribution in [-0.2, 0) is 9.53 Å². The maximum absolute atomic E-state index is 11.2. The molecule has 0 saturated carbocycles. The summed E-state index contributed by atoms with van der Waals surface area (Å²) in [7, 11) is 1.37. The van der Waals surface area contributed by atoms with E-state index in [2.05, 4.69) is 36.8 Å². The molecule has 3 heteroatoms. The van der Waals surface area contributed by atoms with Crippen molar-refractivity contribution in [2.24, 2.45) is 0 Å². The van der Waals surface area contributed by atoms with Crippen molar-refractivity contribution in [3.63, 3.8) is 0 Å². The van der Waals surface area contributed by atoms with E-state index in [1.807, 2.05) is 6.92 Å². The first kappa shape index (κ1) is 15.3. The van der Waals surface area contributed by atoms with Gasteiger partial charge in [-0.3, -0.25) is 0 Å². The van der Waals surface area contributed by atoms with Crippen LogP contribution < -0.4 is 4.74 Å². The lowest BCUT2D eigenvalue weighted by Gasteiger charge is -2.11. The second kappa shape index (κ2) is 6.98. The minimum atomic E-state index is -0.323. The van der Waals surface area contributed by atoms with E-state index in [4.69, 9.17) is 4.74 Å². The number of hydrogen-bond donors (Lipinski definition) is 0. The molecule has 19 heavy (non-hydrogen) atoms. The summed E-state index contributed by atoms with van der Waals surface area (Å²) in [6.07, 6.45) is 1.73. The van der Waals surface area contributed by atoms with Gasteiger partial charge in [0.25, 0.3) is 0 Å². The van der Waals surface area contributed by atoms with E-state index in [1.165, 1.54) is 12.7 Å². The number of hydrogen-bond acceptors (Lipinski definition) is 3. The van der Waals surface area contributed by atoms with E-state index < -0.39 is 0 Å². The number of carbonyl (C=O) groups excluding carboxylic acids is 1. The molecular weight excluding hydrogens is 240 g/mol. The van der Waals surface area contributed by atoms with Crippen molar-refractivity contribution in [2.45, 2.75) is 33.6 Å². The molecular formula is C16H22O3. The molecule has 0 aliphatic heterocycles. The maximum Gasteiger partial charge on any atom is 0.333 e. The zero-order chi connectivity index (χ0) is 14.4. The van der Waals surface area contributed by atoms with Crippen LogP contribution in [0.1, 0.15) is 37.8 Å². The third-order valence-corrected chi connectivity index (χ3v) is 3.01. The van der Waals surface area contributed by atoms with Crippen LogP contribution in [0.5, 0.6) is 5.75 Å². The molecule has 0 amide bonds. The Morgan fingerprint density at radius 3 is 2.63 bits per heavy atom. The fraction of sp³-hybridized carbons (Fsp3) is 0.438. The monoisotopic (exact) mass is 262 g/mol. The lowest BCUT2D eigenvalue weighted by molar-refractivity contribution is -0.136. The SMILES string of the molecule is COC(=O)C(C)=CCOc1cc(C(C)C)ccc1C. The van der Waals surface area contributed by atoms with E-state index in [-0.39, 0.29) is 5.97 Å². The van der Waals surface area contributed by atoms with E-state index in [1.54, 1.807) is 13.0 Å². The van der Waals surface area contributed by atoms with Gasteiger partial charge in [-0.05, 0) is 43.0 Å². The minimum Gasteiger partial charge on any atom is -0.489 e. The molecule has 0 aliphatic rings. The molecule has 0 atom stereocenters. The van der Waals surface area contributed by atoms with Gasteiger partial charge in [0.15, 0.2) is 0 Å². The smallest absolute Gasteiger partial charge is 0.333 e. The molecule has 1 rings (SSSR count). The van der Waals surface area contributed by atoms with Gasteiger partial charge in [-0.25, -0.2) is 4.79 Å². The number of rotatable bonds is 5. The Morgan fingerprint density at radius 2 is 2.05 bits per heavy atom. The average molecular weight is 262 g/mol. The summed E-state index contributed by atoms with van der Waals surface area (Å²) in [5.74, 6) is 1.01. The molecule has 0 aliphatic carbocycles. The molecule has 1 aromatic rings. The van der Waals surface area contributed by atoms with Gasteiger partial charge in [0.05, 0.1) is 7.11 Å². The Bertz CT molecular complexity index is 473. The standard InChI is InChI=1S/C16H22O3/c1-11(2)14-7-6-12(3)15(10-14)19-9-8-13(4)16(17)18-5/h6-8,10-11H,9H2,1-5H3. The van der Waals surface area contributed by atoms with E-state index in [9.17, 15) is 4.79 Å². The number of carbonyl (C=O) groups is 1. The highest BCUT2D eigenvalue weighted by Crippen LogP contribution is 2.24. The van der Waals surface area contributed by atoms with Crippen molar-refractivity contribution < 1.29 is 14.3 Å². The molecule has 0 aromatic heterocycles. The van der Waals surface area contributed by atoms with Crippen LogP contribution >= 0.6 is 0 Å². The molecule has 0 unspecified atom stereocenters. The van der Waals surface area contributed by atoms with Crippen LogP contribution in [0.4, 0.5) is 0 Å². The first-order valence-corrected chi connectivity index (χ1v) is 6.44. The highest BCUT2D eigenvalue weighted by Gasteiger charge is 2.05. The normalized spacial score (nSPS) is 11.6. The van der Waals surface area contributed by atoms with Gasteiger partial charge in [-0.1, -0.05) is 26.0 Å². The summed E-state index contributed by atoms with van der Waals surface area (Å²) >= 11 is 0. The molecule has 0 bridgehead atoms. The van der Waals surface area contributed by atoms with Gasteiger partial charge < -0.3 is 9.47 Å². The average Bonchev–Trinajstić information content (AvgIpc) is 2.39. The van der Waals surface area contributed by atoms with Crippen molar-refractivity contribution in [3.05, 3.63) is 41.0 Å². The van der Waals surface area contributed by atoms with Crippen molar-refractivity contribution >= 4 is 5.97 Å². The number of ether oxygens (including phenoxy) is 2. The fourth-order valence-electron chi connectivity index (χ4n) is 1.63. The molecule has 0 fully saturated rings. The summed E-state index contributed by atoms with van der Waals surface area (Å²) in [6, 6.07) is 6.23. The number of benzene rings is 1. The predicted octanol–water partition coefficient (Wildman–Crippen LogP) is 3.62. The molecule has 104 valence electrons. The van der Waals surface area contributed by atoms with Crippen LogP contribution in [0.2, 0.25) is 0 Å².